The normalized spacial score (nSPS) is 12.0. The second-order valence-corrected chi connectivity index (χ2v) is 6.00. The molecule has 0 spiro atoms. The second-order valence-electron chi connectivity index (χ2n) is 6.00. The zero-order valence-corrected chi connectivity index (χ0v) is 14.9. The number of nitrogens with zero attached hydrogens (tertiary/aromatic N) is 2. The number of benzene rings is 3. The Labute approximate surface area is 160 Å². The molecule has 0 aliphatic carbocycles. The van der Waals surface area contributed by atoms with Crippen LogP contribution < -0.4 is 10.2 Å². The molecule has 0 aliphatic rings. The van der Waals surface area contributed by atoms with E-state index in [9.17, 15) is 20.0 Å². The average Bonchev–Trinajstić information content (AvgIpc) is 2.69. The summed E-state index contributed by atoms with van der Waals surface area (Å²) in [6.45, 7) is 1.57. The van der Waals surface area contributed by atoms with Crippen LogP contribution in [0.3, 0.4) is 0 Å². The Bertz CT molecular complexity index is 1060. The number of carbonyl (C=O) groups is 1. The molecule has 3 aromatic rings. The Morgan fingerprint density at radius 1 is 1.18 bits per heavy atom. The number of nitro benzene ring substituents is 1. The summed E-state index contributed by atoms with van der Waals surface area (Å²) < 4.78 is 5.64. The fourth-order valence-corrected chi connectivity index (χ4v) is 2.51. The van der Waals surface area contributed by atoms with Gasteiger partial charge in [0, 0.05) is 17.7 Å². The van der Waals surface area contributed by atoms with Gasteiger partial charge in [0.25, 0.3) is 11.6 Å². The van der Waals surface area contributed by atoms with Crippen LogP contribution in [0.1, 0.15) is 12.5 Å². The number of hydrogen-bond acceptors (Lipinski definition) is 6. The fraction of sp³-hybridized carbons (Fsp3) is 0.100. The fourth-order valence-electron chi connectivity index (χ4n) is 2.51. The predicted octanol–water partition coefficient (Wildman–Crippen LogP) is 3.37. The summed E-state index contributed by atoms with van der Waals surface area (Å²) >= 11 is 0. The molecular weight excluding hydrogens is 362 g/mol. The standard InChI is InChI=1S/C20H17N3O5/c1-13(28-18-8-6-14-4-2-3-5-15(14)11-18)20(25)22-21-12-16-10-17(23(26)27)7-9-19(16)24/h2-13,24H,1H3,(H,22,25)/b21-12-/t13-/m1/s1. The van der Waals surface area contributed by atoms with E-state index in [1.165, 1.54) is 12.1 Å². The number of nitrogens with one attached hydrogen (secondary N) is 1. The molecular formula is C20H17N3O5. The minimum atomic E-state index is -0.822. The van der Waals surface area contributed by atoms with Crippen molar-refractivity contribution in [2.24, 2.45) is 5.10 Å². The van der Waals surface area contributed by atoms with Crippen LogP contribution in [0, 0.1) is 10.1 Å². The van der Waals surface area contributed by atoms with Crippen LogP contribution in [0.25, 0.3) is 10.8 Å². The maximum atomic E-state index is 12.1. The van der Waals surface area contributed by atoms with Crippen LogP contribution in [0.5, 0.6) is 11.5 Å². The van der Waals surface area contributed by atoms with Crippen LogP contribution in [-0.2, 0) is 4.79 Å². The molecule has 0 heterocycles. The van der Waals surface area contributed by atoms with Gasteiger partial charge in [0.1, 0.15) is 11.5 Å². The van der Waals surface area contributed by atoms with Crippen LogP contribution in [0.4, 0.5) is 5.69 Å². The molecule has 3 rings (SSSR count). The van der Waals surface area contributed by atoms with Gasteiger partial charge in [-0.25, -0.2) is 5.43 Å². The summed E-state index contributed by atoms with van der Waals surface area (Å²) in [7, 11) is 0. The molecule has 28 heavy (non-hydrogen) atoms. The monoisotopic (exact) mass is 379 g/mol. The van der Waals surface area contributed by atoms with E-state index >= 15 is 0 Å². The molecule has 142 valence electrons. The molecule has 8 nitrogen and oxygen atoms in total. The highest BCUT2D eigenvalue weighted by Crippen LogP contribution is 2.22. The van der Waals surface area contributed by atoms with E-state index in [0.29, 0.717) is 5.75 Å². The highest BCUT2D eigenvalue weighted by molar-refractivity contribution is 5.87. The molecule has 0 aromatic heterocycles. The van der Waals surface area contributed by atoms with Crippen molar-refractivity contribution < 1.29 is 19.6 Å². The maximum absolute atomic E-state index is 12.1. The van der Waals surface area contributed by atoms with Crippen LogP contribution in [0.2, 0.25) is 0 Å². The van der Waals surface area contributed by atoms with E-state index in [2.05, 4.69) is 10.5 Å². The Balaban J connectivity index is 1.63. The summed E-state index contributed by atoms with van der Waals surface area (Å²) in [6, 6.07) is 16.8. The smallest absolute Gasteiger partial charge is 0.280 e. The molecule has 0 aliphatic heterocycles. The number of hydrogen-bond donors (Lipinski definition) is 2. The molecule has 1 atom stereocenters. The first-order valence-electron chi connectivity index (χ1n) is 8.40. The lowest BCUT2D eigenvalue weighted by atomic mass is 10.1. The molecule has 8 heteroatoms. The third kappa shape index (κ3) is 4.42. The molecule has 3 aromatic carbocycles. The van der Waals surface area contributed by atoms with Crippen molar-refractivity contribution in [2.75, 3.05) is 0 Å². The number of phenolic OH excluding ortho intramolecular Hbond substituents is 1. The lowest BCUT2D eigenvalue weighted by Crippen LogP contribution is -2.33. The van der Waals surface area contributed by atoms with E-state index in [1.54, 1.807) is 13.0 Å². The number of nitro groups is 1. The van der Waals surface area contributed by atoms with Crippen LogP contribution >= 0.6 is 0 Å². The van der Waals surface area contributed by atoms with Gasteiger partial charge in [-0.2, -0.15) is 5.10 Å². The van der Waals surface area contributed by atoms with Crippen LogP contribution in [-0.4, -0.2) is 28.3 Å². The van der Waals surface area contributed by atoms with E-state index in [0.717, 1.165) is 23.1 Å². The number of fused-ring (bicyclic) bond motifs is 1. The molecule has 0 fully saturated rings. The highest BCUT2D eigenvalue weighted by Gasteiger charge is 2.14. The lowest BCUT2D eigenvalue weighted by molar-refractivity contribution is -0.384. The molecule has 0 saturated heterocycles. The van der Waals surface area contributed by atoms with Crippen molar-refractivity contribution in [3.63, 3.8) is 0 Å². The van der Waals surface area contributed by atoms with Gasteiger partial charge in [0.2, 0.25) is 0 Å². The first-order chi connectivity index (χ1) is 13.4. The lowest BCUT2D eigenvalue weighted by Gasteiger charge is -2.13. The van der Waals surface area contributed by atoms with Crippen molar-refractivity contribution in [3.8, 4) is 11.5 Å². The predicted molar refractivity (Wildman–Crippen MR) is 105 cm³/mol. The molecule has 0 unspecified atom stereocenters. The first kappa shape index (κ1) is 18.8. The Kier molecular flexibility index (Phi) is 5.50. The highest BCUT2D eigenvalue weighted by atomic mass is 16.6. The van der Waals surface area contributed by atoms with Gasteiger partial charge in [0.15, 0.2) is 6.10 Å². The molecule has 0 radical (unpaired) electrons. The average molecular weight is 379 g/mol. The number of carbonyl (C=O) groups excluding carboxylic acids is 1. The third-order valence-electron chi connectivity index (χ3n) is 4.00. The minimum Gasteiger partial charge on any atom is -0.507 e. The first-order valence-corrected chi connectivity index (χ1v) is 8.40. The molecule has 1 amide bonds. The number of hydrazone groups is 1. The second kappa shape index (κ2) is 8.17. The van der Waals surface area contributed by atoms with Gasteiger partial charge in [-0.05, 0) is 35.9 Å². The quantitative estimate of drug-likeness (QED) is 0.387. The van der Waals surface area contributed by atoms with Crippen molar-refractivity contribution in [2.45, 2.75) is 13.0 Å². The van der Waals surface area contributed by atoms with E-state index in [1.807, 2.05) is 36.4 Å². The van der Waals surface area contributed by atoms with Crippen molar-refractivity contribution >= 4 is 28.6 Å². The number of rotatable bonds is 6. The number of ether oxygens (including phenoxy) is 1. The summed E-state index contributed by atoms with van der Waals surface area (Å²) in [5.74, 6) is -0.153. The van der Waals surface area contributed by atoms with Crippen LogP contribution in [0.15, 0.2) is 65.8 Å². The SMILES string of the molecule is C[C@@H](Oc1ccc2ccccc2c1)C(=O)N/N=C\c1cc([N+](=O)[O-])ccc1O. The van der Waals surface area contributed by atoms with E-state index in [-0.39, 0.29) is 17.0 Å². The minimum absolute atomic E-state index is 0.109. The summed E-state index contributed by atoms with van der Waals surface area (Å²) in [5.41, 5.74) is 2.20. The van der Waals surface area contributed by atoms with Crippen molar-refractivity contribution in [1.29, 1.82) is 0 Å². The maximum Gasteiger partial charge on any atom is 0.280 e. The third-order valence-corrected chi connectivity index (χ3v) is 4.00. The van der Waals surface area contributed by atoms with E-state index in [4.69, 9.17) is 4.74 Å². The zero-order chi connectivity index (χ0) is 20.1. The van der Waals surface area contributed by atoms with Crippen molar-refractivity contribution in [1.82, 2.24) is 5.43 Å². The van der Waals surface area contributed by atoms with Gasteiger partial charge in [-0.15, -0.1) is 0 Å². The van der Waals surface area contributed by atoms with Gasteiger partial charge < -0.3 is 9.84 Å². The zero-order valence-electron chi connectivity index (χ0n) is 14.9. The summed E-state index contributed by atoms with van der Waals surface area (Å²) in [4.78, 5) is 22.3. The largest absolute Gasteiger partial charge is 0.507 e. The molecule has 0 saturated carbocycles. The van der Waals surface area contributed by atoms with E-state index < -0.39 is 16.9 Å². The number of amides is 1. The number of phenols is 1. The Morgan fingerprint density at radius 2 is 1.93 bits per heavy atom. The molecule has 0 bridgehead atoms. The van der Waals surface area contributed by atoms with Gasteiger partial charge >= 0.3 is 0 Å². The summed E-state index contributed by atoms with van der Waals surface area (Å²) in [5, 5.41) is 26.3. The topological polar surface area (TPSA) is 114 Å². The number of aromatic hydroxyl groups is 1. The van der Waals surface area contributed by atoms with Gasteiger partial charge in [-0.1, -0.05) is 30.3 Å². The van der Waals surface area contributed by atoms with Gasteiger partial charge in [0.05, 0.1) is 11.1 Å². The summed E-state index contributed by atoms with van der Waals surface area (Å²) in [6.07, 6.45) is 0.306. The molecule has 2 N–H and O–H groups in total. The Hall–Kier alpha value is -3.94. The van der Waals surface area contributed by atoms with Gasteiger partial charge in [-0.3, -0.25) is 14.9 Å². The van der Waals surface area contributed by atoms with Crippen molar-refractivity contribution in [3.05, 3.63) is 76.3 Å². The Morgan fingerprint density at radius 3 is 2.68 bits per heavy atom. The number of non-ortho nitro benzene ring substituents is 1.